The van der Waals surface area contributed by atoms with Crippen molar-refractivity contribution in [2.45, 2.75) is 13.8 Å². The van der Waals surface area contributed by atoms with Gasteiger partial charge in [0.2, 0.25) is 0 Å². The maximum atomic E-state index is 11.4. The van der Waals surface area contributed by atoms with Crippen LogP contribution in [0, 0.1) is 0 Å². The number of ether oxygens (including phenoxy) is 2. The average molecular weight is 234 g/mol. The molecule has 4 nitrogen and oxygen atoms in total. The van der Waals surface area contributed by atoms with E-state index in [0.717, 1.165) is 5.57 Å². The summed E-state index contributed by atoms with van der Waals surface area (Å²) in [5.74, 6) is -0.853. The van der Waals surface area contributed by atoms with Crippen LogP contribution in [0.4, 0.5) is 0 Å². The van der Waals surface area contributed by atoms with Crippen molar-refractivity contribution in [3.05, 3.63) is 41.5 Å². The zero-order chi connectivity index (χ0) is 12.8. The Hall–Kier alpha value is -2.10. The molecule has 1 aromatic carbocycles. The van der Waals surface area contributed by atoms with Gasteiger partial charge < -0.3 is 9.47 Å². The normalized spacial score (nSPS) is 9.35. The molecule has 0 saturated carbocycles. The van der Waals surface area contributed by atoms with Crippen molar-refractivity contribution in [3.63, 3.8) is 0 Å². The van der Waals surface area contributed by atoms with E-state index in [1.165, 1.54) is 19.3 Å². The molecule has 4 heteroatoms. The highest BCUT2D eigenvalue weighted by atomic mass is 16.5. The molecule has 0 bridgehead atoms. The fourth-order valence-electron chi connectivity index (χ4n) is 1.21. The predicted molar refractivity (Wildman–Crippen MR) is 62.8 cm³/mol. The van der Waals surface area contributed by atoms with Crippen molar-refractivity contribution in [1.82, 2.24) is 0 Å². The average Bonchev–Trinajstić information content (AvgIpc) is 2.27. The number of carbonyl (C=O) groups excluding carboxylic acids is 2. The van der Waals surface area contributed by atoms with Crippen molar-refractivity contribution in [2.75, 3.05) is 7.11 Å². The molecule has 0 saturated heterocycles. The van der Waals surface area contributed by atoms with Gasteiger partial charge >= 0.3 is 11.9 Å². The standard InChI is InChI=1S/C13H14O4/c1-9(2)8-12(14)17-11-7-5-4-6-10(11)13(15)16-3/h4-8H,1-3H3. The highest BCUT2D eigenvalue weighted by Gasteiger charge is 2.13. The highest BCUT2D eigenvalue weighted by Crippen LogP contribution is 2.19. The van der Waals surface area contributed by atoms with Crippen LogP contribution >= 0.6 is 0 Å². The van der Waals surface area contributed by atoms with E-state index in [9.17, 15) is 9.59 Å². The largest absolute Gasteiger partial charge is 0.465 e. The Morgan fingerprint density at radius 3 is 2.41 bits per heavy atom. The predicted octanol–water partition coefficient (Wildman–Crippen LogP) is 2.34. The molecular formula is C13H14O4. The molecule has 0 spiro atoms. The minimum atomic E-state index is -0.536. The molecule has 0 fully saturated rings. The number of allylic oxidation sites excluding steroid dienone is 1. The van der Waals surface area contributed by atoms with Crippen LogP contribution in [0.1, 0.15) is 24.2 Å². The summed E-state index contributed by atoms with van der Waals surface area (Å²) >= 11 is 0. The molecule has 17 heavy (non-hydrogen) atoms. The molecule has 0 aliphatic carbocycles. The Balaban J connectivity index is 2.95. The third-order valence-corrected chi connectivity index (χ3v) is 1.91. The van der Waals surface area contributed by atoms with E-state index >= 15 is 0 Å². The molecule has 90 valence electrons. The summed E-state index contributed by atoms with van der Waals surface area (Å²) in [6.07, 6.45) is 1.36. The van der Waals surface area contributed by atoms with Gasteiger partial charge in [0.05, 0.1) is 7.11 Å². The SMILES string of the molecule is COC(=O)c1ccccc1OC(=O)C=C(C)C. The molecule has 0 atom stereocenters. The zero-order valence-electron chi connectivity index (χ0n) is 10.0. The fourth-order valence-corrected chi connectivity index (χ4v) is 1.21. The van der Waals surface area contributed by atoms with Crippen molar-refractivity contribution in [1.29, 1.82) is 0 Å². The number of rotatable bonds is 3. The molecule has 0 unspecified atom stereocenters. The first kappa shape index (κ1) is 13.0. The van der Waals surface area contributed by atoms with E-state index in [-0.39, 0.29) is 11.3 Å². The Morgan fingerprint density at radius 2 is 1.82 bits per heavy atom. The van der Waals surface area contributed by atoms with Gasteiger partial charge in [-0.25, -0.2) is 9.59 Å². The topological polar surface area (TPSA) is 52.6 Å². The smallest absolute Gasteiger partial charge is 0.341 e. The first-order chi connectivity index (χ1) is 8.04. The summed E-state index contributed by atoms with van der Waals surface area (Å²) in [5, 5.41) is 0. The highest BCUT2D eigenvalue weighted by molar-refractivity contribution is 5.94. The van der Waals surface area contributed by atoms with Crippen molar-refractivity contribution >= 4 is 11.9 Å². The molecule has 0 aliphatic rings. The van der Waals surface area contributed by atoms with Gasteiger partial charge in [0.15, 0.2) is 0 Å². The molecule has 0 heterocycles. The first-order valence-corrected chi connectivity index (χ1v) is 5.08. The summed E-state index contributed by atoms with van der Waals surface area (Å²) in [5.41, 5.74) is 1.05. The number of esters is 2. The van der Waals surface area contributed by atoms with E-state index in [0.29, 0.717) is 0 Å². The number of hydrogen-bond acceptors (Lipinski definition) is 4. The van der Waals surface area contributed by atoms with Crippen LogP contribution in [0.15, 0.2) is 35.9 Å². The minimum absolute atomic E-state index is 0.196. The second kappa shape index (κ2) is 5.84. The molecule has 0 radical (unpaired) electrons. The number of benzene rings is 1. The quantitative estimate of drug-likeness (QED) is 0.457. The summed E-state index contributed by atoms with van der Waals surface area (Å²) in [4.78, 5) is 22.8. The van der Waals surface area contributed by atoms with E-state index < -0.39 is 11.9 Å². The third kappa shape index (κ3) is 3.75. The lowest BCUT2D eigenvalue weighted by atomic mass is 10.2. The van der Waals surface area contributed by atoms with Crippen LogP contribution in [0.25, 0.3) is 0 Å². The lowest BCUT2D eigenvalue weighted by Gasteiger charge is -2.06. The van der Waals surface area contributed by atoms with Crippen molar-refractivity contribution in [3.8, 4) is 5.75 Å². The molecule has 0 amide bonds. The van der Waals surface area contributed by atoms with E-state index in [2.05, 4.69) is 4.74 Å². The van der Waals surface area contributed by atoms with Gasteiger partial charge in [-0.3, -0.25) is 0 Å². The number of methoxy groups -OCH3 is 1. The van der Waals surface area contributed by atoms with Gasteiger partial charge in [0, 0.05) is 6.08 Å². The van der Waals surface area contributed by atoms with E-state index in [1.807, 2.05) is 0 Å². The molecule has 0 aromatic heterocycles. The third-order valence-electron chi connectivity index (χ3n) is 1.91. The Morgan fingerprint density at radius 1 is 1.18 bits per heavy atom. The fraction of sp³-hybridized carbons (Fsp3) is 0.231. The Bertz CT molecular complexity index is 456. The minimum Gasteiger partial charge on any atom is -0.465 e. The summed E-state index contributed by atoms with van der Waals surface area (Å²) in [6.45, 7) is 3.57. The van der Waals surface area contributed by atoms with Gasteiger partial charge in [0.1, 0.15) is 11.3 Å². The molecule has 1 aromatic rings. The van der Waals surface area contributed by atoms with Crippen LogP contribution in [-0.2, 0) is 9.53 Å². The zero-order valence-corrected chi connectivity index (χ0v) is 10.0. The van der Waals surface area contributed by atoms with Gasteiger partial charge in [0.25, 0.3) is 0 Å². The van der Waals surface area contributed by atoms with Crippen LogP contribution in [0.2, 0.25) is 0 Å². The van der Waals surface area contributed by atoms with Crippen molar-refractivity contribution in [2.24, 2.45) is 0 Å². The number of para-hydroxylation sites is 1. The maximum absolute atomic E-state index is 11.4. The first-order valence-electron chi connectivity index (χ1n) is 5.08. The molecule has 1 rings (SSSR count). The number of carbonyl (C=O) groups is 2. The molecule has 0 aliphatic heterocycles. The van der Waals surface area contributed by atoms with Gasteiger partial charge in [-0.15, -0.1) is 0 Å². The summed E-state index contributed by atoms with van der Waals surface area (Å²) in [6, 6.07) is 6.43. The molecular weight excluding hydrogens is 220 g/mol. The van der Waals surface area contributed by atoms with Gasteiger partial charge in [-0.05, 0) is 26.0 Å². The summed E-state index contributed by atoms with van der Waals surface area (Å²) < 4.78 is 9.66. The van der Waals surface area contributed by atoms with Crippen LogP contribution in [-0.4, -0.2) is 19.0 Å². The monoisotopic (exact) mass is 234 g/mol. The van der Waals surface area contributed by atoms with Crippen LogP contribution in [0.3, 0.4) is 0 Å². The lowest BCUT2D eigenvalue weighted by molar-refractivity contribution is -0.129. The van der Waals surface area contributed by atoms with E-state index in [1.54, 1.807) is 32.0 Å². The Kier molecular flexibility index (Phi) is 4.46. The van der Waals surface area contributed by atoms with Crippen molar-refractivity contribution < 1.29 is 19.1 Å². The summed E-state index contributed by atoms with van der Waals surface area (Å²) in [7, 11) is 1.27. The Labute approximate surface area is 99.8 Å². The second-order valence-corrected chi connectivity index (χ2v) is 3.63. The molecule has 0 N–H and O–H groups in total. The lowest BCUT2D eigenvalue weighted by Crippen LogP contribution is -2.10. The van der Waals surface area contributed by atoms with E-state index in [4.69, 9.17) is 4.74 Å². The number of hydrogen-bond donors (Lipinski definition) is 0. The van der Waals surface area contributed by atoms with Crippen LogP contribution in [0.5, 0.6) is 5.75 Å². The van der Waals surface area contributed by atoms with Gasteiger partial charge in [-0.2, -0.15) is 0 Å². The second-order valence-electron chi connectivity index (χ2n) is 3.63. The van der Waals surface area contributed by atoms with Crippen LogP contribution < -0.4 is 4.74 Å². The maximum Gasteiger partial charge on any atom is 0.341 e. The van der Waals surface area contributed by atoms with Gasteiger partial charge in [-0.1, -0.05) is 17.7 Å².